The molecule has 1 aliphatic rings. The van der Waals surface area contributed by atoms with Gasteiger partial charge in [0, 0.05) is 0 Å². The molecule has 27 heavy (non-hydrogen) atoms. The Labute approximate surface area is 168 Å². The first-order valence-corrected chi connectivity index (χ1v) is 12.0. The van der Waals surface area contributed by atoms with Gasteiger partial charge in [-0.3, -0.25) is 0 Å². The fourth-order valence-electron chi connectivity index (χ4n) is 4.79. The van der Waals surface area contributed by atoms with Crippen LogP contribution in [0.25, 0.3) is 0 Å². The van der Waals surface area contributed by atoms with Gasteiger partial charge in [0.15, 0.2) is 0 Å². The minimum Gasteiger partial charge on any atom is -0.207 e. The molecule has 1 fully saturated rings. The molecule has 0 heterocycles. The molecular formula is C26H43F. The Morgan fingerprint density at radius 2 is 1.15 bits per heavy atom. The largest absolute Gasteiger partial charge is 0.207 e. The molecule has 0 bridgehead atoms. The van der Waals surface area contributed by atoms with Gasteiger partial charge >= 0.3 is 0 Å². The standard InChI is InChI=1S/C26H43F/c1-2-3-4-5-6-7-8-9-10-11-12-13-14-23-15-17-24(18-16-23)25-19-21-26(27)22-20-25/h19-24H,2-18H2,1H3/t23-,24-. The van der Waals surface area contributed by atoms with E-state index < -0.39 is 0 Å². The van der Waals surface area contributed by atoms with Crippen LogP contribution in [-0.2, 0) is 0 Å². The van der Waals surface area contributed by atoms with Crippen LogP contribution in [-0.4, -0.2) is 0 Å². The molecule has 154 valence electrons. The van der Waals surface area contributed by atoms with E-state index in [1.807, 2.05) is 12.1 Å². The Bertz CT molecular complexity index is 456. The summed E-state index contributed by atoms with van der Waals surface area (Å²) in [6.45, 7) is 2.29. The number of hydrogen-bond acceptors (Lipinski definition) is 0. The summed E-state index contributed by atoms with van der Waals surface area (Å²) in [6, 6.07) is 7.22. The van der Waals surface area contributed by atoms with E-state index in [4.69, 9.17) is 0 Å². The number of benzene rings is 1. The summed E-state index contributed by atoms with van der Waals surface area (Å²) in [5, 5.41) is 0. The van der Waals surface area contributed by atoms with Crippen molar-refractivity contribution < 1.29 is 4.39 Å². The average Bonchev–Trinajstić information content (AvgIpc) is 2.70. The molecule has 0 amide bonds. The minimum absolute atomic E-state index is 0.112. The first-order valence-electron chi connectivity index (χ1n) is 12.0. The van der Waals surface area contributed by atoms with Gasteiger partial charge in [-0.15, -0.1) is 0 Å². The van der Waals surface area contributed by atoms with Gasteiger partial charge in [0.1, 0.15) is 5.82 Å². The monoisotopic (exact) mass is 374 g/mol. The van der Waals surface area contributed by atoms with Crippen LogP contribution in [0.1, 0.15) is 128 Å². The van der Waals surface area contributed by atoms with Gasteiger partial charge in [0.25, 0.3) is 0 Å². The lowest BCUT2D eigenvalue weighted by molar-refractivity contribution is 0.301. The zero-order valence-electron chi connectivity index (χ0n) is 17.9. The van der Waals surface area contributed by atoms with Gasteiger partial charge < -0.3 is 0 Å². The summed E-state index contributed by atoms with van der Waals surface area (Å²) in [7, 11) is 0. The highest BCUT2D eigenvalue weighted by Gasteiger charge is 2.21. The van der Waals surface area contributed by atoms with Crippen molar-refractivity contribution in [2.24, 2.45) is 5.92 Å². The van der Waals surface area contributed by atoms with Crippen molar-refractivity contribution in [1.82, 2.24) is 0 Å². The summed E-state index contributed by atoms with van der Waals surface area (Å²) in [5.41, 5.74) is 1.35. The van der Waals surface area contributed by atoms with Gasteiger partial charge in [-0.05, 0) is 55.2 Å². The second-order valence-electron chi connectivity index (χ2n) is 8.95. The van der Waals surface area contributed by atoms with Crippen LogP contribution < -0.4 is 0 Å². The summed E-state index contributed by atoms with van der Waals surface area (Å²) in [4.78, 5) is 0. The highest BCUT2D eigenvalue weighted by molar-refractivity contribution is 5.20. The van der Waals surface area contributed by atoms with Crippen molar-refractivity contribution in [3.8, 4) is 0 Å². The van der Waals surface area contributed by atoms with Crippen molar-refractivity contribution in [2.45, 2.75) is 122 Å². The third kappa shape index (κ3) is 9.77. The molecule has 1 aliphatic carbocycles. The number of unbranched alkanes of at least 4 members (excludes halogenated alkanes) is 11. The summed E-state index contributed by atoms with van der Waals surface area (Å²) in [6.07, 6.45) is 24.1. The lowest BCUT2D eigenvalue weighted by Crippen LogP contribution is -2.13. The molecule has 0 spiro atoms. The Morgan fingerprint density at radius 3 is 1.67 bits per heavy atom. The van der Waals surface area contributed by atoms with Crippen LogP contribution in [0.3, 0.4) is 0 Å². The fourth-order valence-corrected chi connectivity index (χ4v) is 4.79. The molecule has 0 atom stereocenters. The Morgan fingerprint density at radius 1 is 0.667 bits per heavy atom. The molecule has 0 N–H and O–H groups in total. The Hall–Kier alpha value is -0.850. The average molecular weight is 375 g/mol. The molecule has 0 nitrogen and oxygen atoms in total. The lowest BCUT2D eigenvalue weighted by atomic mass is 9.77. The molecule has 0 aromatic heterocycles. The SMILES string of the molecule is CCCCCCCCCCCCCC[C@H]1CC[C@H](c2ccc(F)cc2)CC1. The van der Waals surface area contributed by atoms with E-state index in [1.165, 1.54) is 115 Å². The quantitative estimate of drug-likeness (QED) is 0.285. The molecule has 0 aliphatic heterocycles. The molecule has 1 saturated carbocycles. The topological polar surface area (TPSA) is 0 Å². The first-order chi connectivity index (χ1) is 13.3. The van der Waals surface area contributed by atoms with Gasteiger partial charge in [-0.2, -0.15) is 0 Å². The molecule has 1 aromatic carbocycles. The zero-order chi connectivity index (χ0) is 19.2. The summed E-state index contributed by atoms with van der Waals surface area (Å²) >= 11 is 0. The van der Waals surface area contributed by atoms with Crippen LogP contribution in [0, 0.1) is 11.7 Å². The molecular weight excluding hydrogens is 331 g/mol. The third-order valence-electron chi connectivity index (χ3n) is 6.65. The minimum atomic E-state index is -0.112. The maximum atomic E-state index is 13.1. The third-order valence-corrected chi connectivity index (χ3v) is 6.65. The van der Waals surface area contributed by atoms with Crippen molar-refractivity contribution in [1.29, 1.82) is 0 Å². The van der Waals surface area contributed by atoms with E-state index in [2.05, 4.69) is 6.92 Å². The Balaban J connectivity index is 1.40. The normalized spacial score (nSPS) is 20.1. The highest BCUT2D eigenvalue weighted by Crippen LogP contribution is 2.37. The van der Waals surface area contributed by atoms with Crippen LogP contribution in [0.4, 0.5) is 4.39 Å². The number of rotatable bonds is 14. The van der Waals surface area contributed by atoms with Gasteiger partial charge in [-0.25, -0.2) is 4.39 Å². The lowest BCUT2D eigenvalue weighted by Gasteiger charge is -2.28. The molecule has 2 rings (SSSR count). The van der Waals surface area contributed by atoms with E-state index in [1.54, 1.807) is 12.1 Å². The fraction of sp³-hybridized carbons (Fsp3) is 0.769. The van der Waals surface area contributed by atoms with E-state index in [0.29, 0.717) is 5.92 Å². The first kappa shape index (κ1) is 22.4. The Kier molecular flexibility index (Phi) is 11.8. The van der Waals surface area contributed by atoms with Crippen molar-refractivity contribution >= 4 is 0 Å². The van der Waals surface area contributed by atoms with Crippen LogP contribution >= 0.6 is 0 Å². The van der Waals surface area contributed by atoms with Gasteiger partial charge in [0.05, 0.1) is 0 Å². The van der Waals surface area contributed by atoms with Crippen LogP contribution in [0.2, 0.25) is 0 Å². The van der Waals surface area contributed by atoms with Crippen LogP contribution in [0.15, 0.2) is 24.3 Å². The molecule has 1 heteroatoms. The zero-order valence-corrected chi connectivity index (χ0v) is 17.9. The number of halogens is 1. The summed E-state index contributed by atoms with van der Waals surface area (Å²) in [5.74, 6) is 1.51. The smallest absolute Gasteiger partial charge is 0.123 e. The summed E-state index contributed by atoms with van der Waals surface area (Å²) < 4.78 is 13.1. The molecule has 0 saturated heterocycles. The van der Waals surface area contributed by atoms with Gasteiger partial charge in [-0.1, -0.05) is 103 Å². The second-order valence-corrected chi connectivity index (χ2v) is 8.95. The maximum absolute atomic E-state index is 13.1. The predicted octanol–water partition coefficient (Wildman–Crippen LogP) is 9.19. The van der Waals surface area contributed by atoms with Crippen molar-refractivity contribution in [2.75, 3.05) is 0 Å². The van der Waals surface area contributed by atoms with Crippen molar-refractivity contribution in [3.63, 3.8) is 0 Å². The van der Waals surface area contributed by atoms with E-state index in [0.717, 1.165) is 5.92 Å². The van der Waals surface area contributed by atoms with Gasteiger partial charge in [0.2, 0.25) is 0 Å². The van der Waals surface area contributed by atoms with Crippen molar-refractivity contribution in [3.05, 3.63) is 35.6 Å². The molecule has 0 unspecified atom stereocenters. The van der Waals surface area contributed by atoms with E-state index in [9.17, 15) is 4.39 Å². The van der Waals surface area contributed by atoms with Crippen LogP contribution in [0.5, 0.6) is 0 Å². The predicted molar refractivity (Wildman–Crippen MR) is 117 cm³/mol. The highest BCUT2D eigenvalue weighted by atomic mass is 19.1. The van der Waals surface area contributed by atoms with E-state index >= 15 is 0 Å². The maximum Gasteiger partial charge on any atom is 0.123 e. The van der Waals surface area contributed by atoms with E-state index in [-0.39, 0.29) is 5.82 Å². The molecule has 0 radical (unpaired) electrons. The second kappa shape index (κ2) is 14.2. The molecule has 1 aromatic rings. The number of hydrogen-bond donors (Lipinski definition) is 0.